The van der Waals surface area contributed by atoms with Crippen molar-refractivity contribution >= 4 is 24.0 Å². The number of carbonyl (C=O) groups is 3. The molecule has 0 radical (unpaired) electrons. The molecule has 0 saturated heterocycles. The van der Waals surface area contributed by atoms with E-state index < -0.39 is 30.1 Å². The fourth-order valence-electron chi connectivity index (χ4n) is 1.94. The zero-order valence-electron chi connectivity index (χ0n) is 18.1. The summed E-state index contributed by atoms with van der Waals surface area (Å²) in [6.07, 6.45) is 0.548. The van der Waals surface area contributed by atoms with Gasteiger partial charge in [-0.1, -0.05) is 25.3 Å². The summed E-state index contributed by atoms with van der Waals surface area (Å²) in [5, 5.41) is 19.4. The highest BCUT2D eigenvalue weighted by Crippen LogP contribution is 2.14. The zero-order valence-corrected chi connectivity index (χ0v) is 18.1. The highest BCUT2D eigenvalue weighted by Gasteiger charge is 2.12. The summed E-state index contributed by atoms with van der Waals surface area (Å²) in [5.41, 5.74) is 1.13. The number of ether oxygens (including phenoxy) is 4. The van der Waals surface area contributed by atoms with Crippen LogP contribution in [0, 0.1) is 0 Å². The Morgan fingerprint density at radius 2 is 1.31 bits per heavy atom. The van der Waals surface area contributed by atoms with Gasteiger partial charge in [0.15, 0.2) is 0 Å². The van der Waals surface area contributed by atoms with Crippen LogP contribution in [0.3, 0.4) is 0 Å². The van der Waals surface area contributed by atoms with E-state index in [1.54, 1.807) is 24.3 Å². The van der Waals surface area contributed by atoms with Gasteiger partial charge in [-0.05, 0) is 37.6 Å². The quantitative estimate of drug-likeness (QED) is 0.262. The summed E-state index contributed by atoms with van der Waals surface area (Å²) in [6, 6.07) is 6.63. The lowest BCUT2D eigenvalue weighted by Gasteiger charge is -2.13. The standard InChI is InChI=1S/C23H28O9/c1-15(2)22(27)31-13-18(24)11-29-20-8-5-17(6-9-20)7-10-21(26)30-12-19(25)14-32-23(28)16(3)4/h5-10,18-19,24-25H,1,3,11-14H2,2,4H3/b10-7+. The average molecular weight is 448 g/mol. The van der Waals surface area contributed by atoms with Crippen LogP contribution in [0.2, 0.25) is 0 Å². The summed E-state index contributed by atoms with van der Waals surface area (Å²) >= 11 is 0. The molecule has 0 aliphatic heterocycles. The average Bonchev–Trinajstić information content (AvgIpc) is 2.77. The van der Waals surface area contributed by atoms with Crippen molar-refractivity contribution in [1.82, 2.24) is 0 Å². The molecule has 0 aliphatic carbocycles. The third kappa shape index (κ3) is 11.1. The van der Waals surface area contributed by atoms with Gasteiger partial charge in [-0.2, -0.15) is 0 Å². The molecule has 1 rings (SSSR count). The normalized spacial score (nSPS) is 12.5. The fourth-order valence-corrected chi connectivity index (χ4v) is 1.94. The van der Waals surface area contributed by atoms with Crippen LogP contribution < -0.4 is 4.74 Å². The van der Waals surface area contributed by atoms with Gasteiger partial charge in [0.25, 0.3) is 0 Å². The Kier molecular flexibility index (Phi) is 11.5. The first kappa shape index (κ1) is 26.6. The molecule has 0 fully saturated rings. The fraction of sp³-hybridized carbons (Fsp3) is 0.348. The Bertz CT molecular complexity index is 840. The number of carbonyl (C=O) groups excluding carboxylic acids is 3. The third-order valence-corrected chi connectivity index (χ3v) is 3.66. The third-order valence-electron chi connectivity index (χ3n) is 3.66. The van der Waals surface area contributed by atoms with E-state index in [1.165, 1.54) is 26.0 Å². The molecule has 1 aromatic rings. The second-order valence-corrected chi connectivity index (χ2v) is 6.91. The number of esters is 3. The van der Waals surface area contributed by atoms with Crippen molar-refractivity contribution in [3.8, 4) is 5.75 Å². The molecule has 0 aromatic heterocycles. The maximum absolute atomic E-state index is 11.7. The lowest BCUT2D eigenvalue weighted by atomic mass is 10.2. The molecule has 0 aliphatic rings. The molecule has 1 aromatic carbocycles. The Balaban J connectivity index is 2.35. The van der Waals surface area contributed by atoms with Crippen LogP contribution in [0.15, 0.2) is 54.6 Å². The highest BCUT2D eigenvalue weighted by molar-refractivity contribution is 5.87. The van der Waals surface area contributed by atoms with Gasteiger partial charge in [0, 0.05) is 17.2 Å². The number of aliphatic hydroxyl groups is 2. The number of hydrogen-bond donors (Lipinski definition) is 2. The summed E-state index contributed by atoms with van der Waals surface area (Å²) in [4.78, 5) is 34.2. The predicted molar refractivity (Wildman–Crippen MR) is 115 cm³/mol. The van der Waals surface area contributed by atoms with Gasteiger partial charge in [0.05, 0.1) is 0 Å². The maximum Gasteiger partial charge on any atom is 0.333 e. The van der Waals surface area contributed by atoms with Crippen molar-refractivity contribution in [2.75, 3.05) is 26.4 Å². The molecule has 0 bridgehead atoms. The van der Waals surface area contributed by atoms with Gasteiger partial charge >= 0.3 is 17.9 Å². The minimum atomic E-state index is -1.15. The molecule has 2 unspecified atom stereocenters. The minimum Gasteiger partial charge on any atom is -0.491 e. The van der Waals surface area contributed by atoms with E-state index in [2.05, 4.69) is 13.2 Å². The van der Waals surface area contributed by atoms with Gasteiger partial charge in [-0.3, -0.25) is 0 Å². The van der Waals surface area contributed by atoms with Crippen LogP contribution in [-0.4, -0.2) is 66.8 Å². The van der Waals surface area contributed by atoms with Crippen molar-refractivity contribution in [2.24, 2.45) is 0 Å². The monoisotopic (exact) mass is 448 g/mol. The molecule has 0 spiro atoms. The number of benzene rings is 1. The van der Waals surface area contributed by atoms with Gasteiger partial charge in [0.2, 0.25) is 0 Å². The lowest BCUT2D eigenvalue weighted by molar-refractivity contribution is -0.147. The Hall–Kier alpha value is -3.43. The van der Waals surface area contributed by atoms with Crippen LogP contribution in [0.1, 0.15) is 19.4 Å². The van der Waals surface area contributed by atoms with Crippen LogP contribution in [0.4, 0.5) is 0 Å². The van der Waals surface area contributed by atoms with E-state index in [-0.39, 0.29) is 37.6 Å². The first-order valence-electron chi connectivity index (χ1n) is 9.67. The molecular weight excluding hydrogens is 420 g/mol. The Morgan fingerprint density at radius 3 is 1.81 bits per heavy atom. The molecule has 2 atom stereocenters. The van der Waals surface area contributed by atoms with E-state index in [9.17, 15) is 24.6 Å². The van der Waals surface area contributed by atoms with Crippen LogP contribution in [-0.2, 0) is 28.6 Å². The topological polar surface area (TPSA) is 129 Å². The van der Waals surface area contributed by atoms with Crippen molar-refractivity contribution in [2.45, 2.75) is 26.1 Å². The van der Waals surface area contributed by atoms with E-state index in [0.717, 1.165) is 0 Å². The molecule has 9 heteroatoms. The number of rotatable bonds is 13. The molecule has 0 saturated carbocycles. The summed E-state index contributed by atoms with van der Waals surface area (Å²) in [6.45, 7) is 8.92. The molecular formula is C23H28O9. The highest BCUT2D eigenvalue weighted by atomic mass is 16.6. The molecule has 0 amide bonds. The van der Waals surface area contributed by atoms with Gasteiger partial charge in [-0.15, -0.1) is 0 Å². The van der Waals surface area contributed by atoms with Gasteiger partial charge in [-0.25, -0.2) is 14.4 Å². The van der Waals surface area contributed by atoms with Crippen molar-refractivity contribution in [3.63, 3.8) is 0 Å². The smallest absolute Gasteiger partial charge is 0.333 e. The first-order chi connectivity index (χ1) is 15.1. The summed E-state index contributed by atoms with van der Waals surface area (Å²) < 4.78 is 19.9. The van der Waals surface area contributed by atoms with E-state index >= 15 is 0 Å². The largest absolute Gasteiger partial charge is 0.491 e. The van der Waals surface area contributed by atoms with Crippen LogP contribution >= 0.6 is 0 Å². The predicted octanol–water partition coefficient (Wildman–Crippen LogP) is 1.58. The van der Waals surface area contributed by atoms with Crippen molar-refractivity contribution in [3.05, 3.63) is 60.2 Å². The first-order valence-corrected chi connectivity index (χ1v) is 9.67. The SMILES string of the molecule is C=C(C)C(=O)OCC(O)COC(=O)/C=C/c1ccc(OCC(O)COC(=O)C(=C)C)cc1. The van der Waals surface area contributed by atoms with Crippen LogP contribution in [0.5, 0.6) is 5.75 Å². The van der Waals surface area contributed by atoms with E-state index in [1.807, 2.05) is 0 Å². The Labute approximate surface area is 186 Å². The number of aliphatic hydroxyl groups excluding tert-OH is 2. The second-order valence-electron chi connectivity index (χ2n) is 6.91. The van der Waals surface area contributed by atoms with E-state index in [4.69, 9.17) is 18.9 Å². The minimum absolute atomic E-state index is 0.0744. The van der Waals surface area contributed by atoms with Crippen molar-refractivity contribution < 1.29 is 43.5 Å². The van der Waals surface area contributed by atoms with Crippen LogP contribution in [0.25, 0.3) is 6.08 Å². The summed E-state index contributed by atoms with van der Waals surface area (Å²) in [7, 11) is 0. The van der Waals surface area contributed by atoms with Crippen molar-refractivity contribution in [1.29, 1.82) is 0 Å². The maximum atomic E-state index is 11.7. The molecule has 0 heterocycles. The molecule has 9 nitrogen and oxygen atoms in total. The number of hydrogen-bond acceptors (Lipinski definition) is 9. The lowest BCUT2D eigenvalue weighted by Crippen LogP contribution is -2.25. The molecule has 174 valence electrons. The second kappa shape index (κ2) is 13.8. The molecule has 32 heavy (non-hydrogen) atoms. The molecule has 2 N–H and O–H groups in total. The van der Waals surface area contributed by atoms with Gasteiger partial charge < -0.3 is 29.2 Å². The van der Waals surface area contributed by atoms with E-state index in [0.29, 0.717) is 11.3 Å². The Morgan fingerprint density at radius 1 is 0.844 bits per heavy atom. The summed E-state index contributed by atoms with van der Waals surface area (Å²) in [5.74, 6) is -1.42. The zero-order chi connectivity index (χ0) is 24.1. The van der Waals surface area contributed by atoms with Gasteiger partial charge in [0.1, 0.15) is 44.4 Å².